The van der Waals surface area contributed by atoms with Crippen molar-refractivity contribution in [3.05, 3.63) is 212 Å². The van der Waals surface area contributed by atoms with Gasteiger partial charge in [0.05, 0.1) is 85.3 Å². The largest absolute Gasteiger partial charge is 0.497 e. The summed E-state index contributed by atoms with van der Waals surface area (Å²) in [4.78, 5) is 0. The van der Waals surface area contributed by atoms with Crippen molar-refractivity contribution >= 4 is 0 Å². The van der Waals surface area contributed by atoms with Gasteiger partial charge >= 0.3 is 0 Å². The molecule has 8 aromatic rings. The number of hydrogen-bond acceptors (Lipinski definition) is 12. The van der Waals surface area contributed by atoms with E-state index in [2.05, 4.69) is 72.8 Å². The van der Waals surface area contributed by atoms with Crippen LogP contribution in [0.2, 0.25) is 0 Å². The molecule has 0 radical (unpaired) electrons. The zero-order chi connectivity index (χ0) is 55.9. The number of benzene rings is 8. The van der Waals surface area contributed by atoms with Gasteiger partial charge in [-0.1, -0.05) is 48.5 Å². The minimum absolute atomic E-state index is 0.0329. The topological polar surface area (TPSA) is 111 Å². The molecular formula is C68H68O12. The van der Waals surface area contributed by atoms with Crippen molar-refractivity contribution in [3.63, 3.8) is 0 Å². The van der Waals surface area contributed by atoms with E-state index in [9.17, 15) is 0 Å². The van der Waals surface area contributed by atoms with Crippen molar-refractivity contribution in [1.29, 1.82) is 0 Å². The smallest absolute Gasteiger partial charge is 0.126 e. The van der Waals surface area contributed by atoms with Gasteiger partial charge in [-0.2, -0.15) is 0 Å². The molecule has 8 unspecified atom stereocenters. The third kappa shape index (κ3) is 8.85. The summed E-state index contributed by atoms with van der Waals surface area (Å²) in [6.07, 6.45) is 0. The molecule has 412 valence electrons. The zero-order valence-electron chi connectivity index (χ0n) is 47.4. The Balaban J connectivity index is 0.000000169. The molecule has 0 aliphatic heterocycles. The lowest BCUT2D eigenvalue weighted by atomic mass is 9.79. The maximum atomic E-state index is 6.04. The van der Waals surface area contributed by atoms with Crippen molar-refractivity contribution in [3.8, 4) is 69.0 Å². The Bertz CT molecular complexity index is 3050. The fourth-order valence-electron chi connectivity index (χ4n) is 13.8. The van der Waals surface area contributed by atoms with Crippen LogP contribution in [0.25, 0.3) is 0 Å². The average molecular weight is 1080 g/mol. The third-order valence-electron chi connectivity index (χ3n) is 17.2. The molecule has 0 saturated carbocycles. The molecule has 0 aromatic heterocycles. The summed E-state index contributed by atoms with van der Waals surface area (Å²) in [6, 6.07) is 50.3. The van der Waals surface area contributed by atoms with Gasteiger partial charge in [0.25, 0.3) is 0 Å². The van der Waals surface area contributed by atoms with Crippen molar-refractivity contribution in [2.75, 3.05) is 85.3 Å². The van der Waals surface area contributed by atoms with Crippen molar-refractivity contribution < 1.29 is 56.8 Å². The molecule has 4 aliphatic carbocycles. The van der Waals surface area contributed by atoms with Gasteiger partial charge in [0, 0.05) is 93.9 Å². The molecule has 8 aromatic carbocycles. The van der Waals surface area contributed by atoms with Crippen LogP contribution in [0.5, 0.6) is 69.0 Å². The Morgan fingerprint density at radius 3 is 0.525 bits per heavy atom. The summed E-state index contributed by atoms with van der Waals surface area (Å²) in [5.74, 6) is 10.3. The molecule has 0 bridgehead atoms. The molecular weight excluding hydrogens is 1010 g/mol. The lowest BCUT2D eigenvalue weighted by Crippen LogP contribution is -2.10. The monoisotopic (exact) mass is 1080 g/mol. The lowest BCUT2D eigenvalue weighted by molar-refractivity contribution is 0.388. The maximum Gasteiger partial charge on any atom is 0.126 e. The van der Waals surface area contributed by atoms with Gasteiger partial charge in [0.1, 0.15) is 69.0 Å². The Morgan fingerprint density at radius 2 is 0.375 bits per heavy atom. The fraction of sp³-hybridized carbons (Fsp3) is 0.294. The van der Waals surface area contributed by atoms with E-state index in [4.69, 9.17) is 56.8 Å². The Morgan fingerprint density at radius 1 is 0.200 bits per heavy atom. The molecule has 0 heterocycles. The van der Waals surface area contributed by atoms with E-state index in [1.807, 2.05) is 72.8 Å². The number of rotatable bonds is 16. The molecule has 0 N–H and O–H groups in total. The van der Waals surface area contributed by atoms with Crippen molar-refractivity contribution in [2.45, 2.75) is 47.3 Å². The first-order valence-electron chi connectivity index (χ1n) is 26.7. The van der Waals surface area contributed by atoms with E-state index < -0.39 is 0 Å². The summed E-state index contributed by atoms with van der Waals surface area (Å²) in [7, 11) is 20.5. The second-order valence-corrected chi connectivity index (χ2v) is 20.4. The van der Waals surface area contributed by atoms with Crippen LogP contribution in [0.4, 0.5) is 0 Å². The standard InChI is InChI=1S/2C34H34O6/c2*1-35-21-11-7-19(8-12-21)29-31-25(15-23(37-3)17-27(31)39-5)34-30(20-9-13-22(36-2)14-10-20)32-26(33(29)34)16-24(38-4)18-28(32)40-6/h2*7-18,29-30,33-34H,1-6H3. The van der Waals surface area contributed by atoms with Gasteiger partial charge in [-0.15, -0.1) is 0 Å². The van der Waals surface area contributed by atoms with Crippen molar-refractivity contribution in [1.82, 2.24) is 0 Å². The molecule has 12 nitrogen and oxygen atoms in total. The van der Waals surface area contributed by atoms with Crippen LogP contribution in [0, 0.1) is 0 Å². The number of methoxy groups -OCH3 is 12. The molecule has 0 fully saturated rings. The summed E-state index contributed by atoms with van der Waals surface area (Å²) < 4.78 is 69.2. The van der Waals surface area contributed by atoms with E-state index >= 15 is 0 Å². The molecule has 4 aliphatic rings. The number of fused-ring (bicyclic) bond motifs is 10. The minimum atomic E-state index is 0.0329. The summed E-state index contributed by atoms with van der Waals surface area (Å²) in [6.45, 7) is 0. The van der Waals surface area contributed by atoms with Gasteiger partial charge in [0.2, 0.25) is 0 Å². The van der Waals surface area contributed by atoms with Gasteiger partial charge in [-0.3, -0.25) is 0 Å². The molecule has 0 spiro atoms. The van der Waals surface area contributed by atoms with Crippen LogP contribution in [-0.2, 0) is 0 Å². The highest BCUT2D eigenvalue weighted by atomic mass is 16.5. The Hall–Kier alpha value is -8.64. The SMILES string of the molecule is COc1ccc(C2c3c(OC)cc(OC)cc3C3C(c4ccc(OC)cc4)c4c(OC)cc(OC)cc4C23)cc1.COc1ccc(C2c3c(OC)cc(OC)cc3C3C(c4ccc(OC)cc4)c4c(OC)cc(OC)cc4C23)cc1. The lowest BCUT2D eigenvalue weighted by Gasteiger charge is -2.24. The predicted molar refractivity (Wildman–Crippen MR) is 308 cm³/mol. The molecule has 12 heteroatoms. The highest BCUT2D eigenvalue weighted by Gasteiger charge is 2.56. The van der Waals surface area contributed by atoms with Gasteiger partial charge < -0.3 is 56.8 Å². The van der Waals surface area contributed by atoms with Crippen LogP contribution < -0.4 is 56.8 Å². The Labute approximate surface area is 468 Å². The maximum absolute atomic E-state index is 6.04. The van der Waals surface area contributed by atoms with E-state index in [1.54, 1.807) is 85.3 Å². The highest BCUT2D eigenvalue weighted by Crippen LogP contribution is 2.71. The first kappa shape index (κ1) is 53.4. The van der Waals surface area contributed by atoms with Crippen molar-refractivity contribution in [2.24, 2.45) is 0 Å². The first-order chi connectivity index (χ1) is 39.1. The first-order valence-corrected chi connectivity index (χ1v) is 26.7. The number of ether oxygens (including phenoxy) is 12. The van der Waals surface area contributed by atoms with E-state index in [0.717, 1.165) is 69.0 Å². The van der Waals surface area contributed by atoms with Crippen LogP contribution in [-0.4, -0.2) is 85.3 Å². The fourth-order valence-corrected chi connectivity index (χ4v) is 13.8. The van der Waals surface area contributed by atoms with Gasteiger partial charge in [-0.25, -0.2) is 0 Å². The summed E-state index contributed by atoms with van der Waals surface area (Å²) >= 11 is 0. The summed E-state index contributed by atoms with van der Waals surface area (Å²) in [5, 5.41) is 0. The number of hydrogen-bond donors (Lipinski definition) is 0. The van der Waals surface area contributed by atoms with Gasteiger partial charge in [0.15, 0.2) is 0 Å². The second kappa shape index (κ2) is 22.2. The molecule has 12 rings (SSSR count). The molecule has 8 atom stereocenters. The quantitative estimate of drug-likeness (QED) is 0.0918. The zero-order valence-corrected chi connectivity index (χ0v) is 47.4. The predicted octanol–water partition coefficient (Wildman–Crippen LogP) is 13.8. The van der Waals surface area contributed by atoms with E-state index in [-0.39, 0.29) is 47.3 Å². The Kier molecular flexibility index (Phi) is 14.8. The van der Waals surface area contributed by atoms with Gasteiger partial charge in [-0.05, 0) is 117 Å². The van der Waals surface area contributed by atoms with Crippen LogP contribution in [0.15, 0.2) is 146 Å². The normalized spacial score (nSPS) is 20.2. The highest BCUT2D eigenvalue weighted by molar-refractivity contribution is 5.71. The average Bonchev–Trinajstić information content (AvgIpc) is 4.36. The molecule has 0 saturated heterocycles. The molecule has 0 amide bonds. The van der Waals surface area contributed by atoms with Crippen LogP contribution in [0.1, 0.15) is 114 Å². The van der Waals surface area contributed by atoms with Crippen LogP contribution in [0.3, 0.4) is 0 Å². The third-order valence-corrected chi connectivity index (χ3v) is 17.2. The van der Waals surface area contributed by atoms with E-state index in [1.165, 1.54) is 66.8 Å². The van der Waals surface area contributed by atoms with E-state index in [0.29, 0.717) is 0 Å². The minimum Gasteiger partial charge on any atom is -0.497 e. The molecule has 80 heavy (non-hydrogen) atoms. The van der Waals surface area contributed by atoms with Crippen LogP contribution >= 0.6 is 0 Å². The second-order valence-electron chi connectivity index (χ2n) is 20.4. The summed E-state index contributed by atoms with van der Waals surface area (Å²) in [5.41, 5.74) is 14.4.